The molecule has 8 nitrogen and oxygen atoms in total. The van der Waals surface area contributed by atoms with Crippen LogP contribution in [0.4, 0.5) is 0 Å². The Balaban J connectivity index is 1.67. The van der Waals surface area contributed by atoms with Crippen LogP contribution in [-0.2, 0) is 11.8 Å². The first-order valence-corrected chi connectivity index (χ1v) is 11.0. The molecule has 0 saturated heterocycles. The van der Waals surface area contributed by atoms with Gasteiger partial charge in [-0.1, -0.05) is 36.4 Å². The van der Waals surface area contributed by atoms with Crippen molar-refractivity contribution in [1.82, 2.24) is 14.9 Å². The second kappa shape index (κ2) is 10.1. The number of pyridine rings is 1. The van der Waals surface area contributed by atoms with Gasteiger partial charge in [-0.3, -0.25) is 14.4 Å². The van der Waals surface area contributed by atoms with Crippen LogP contribution in [0.15, 0.2) is 71.7 Å². The Morgan fingerprint density at radius 2 is 1.76 bits per heavy atom. The van der Waals surface area contributed by atoms with E-state index in [9.17, 15) is 14.4 Å². The number of aliphatic carboxylic acids is 1. The van der Waals surface area contributed by atoms with Crippen LogP contribution < -0.4 is 15.6 Å². The molecule has 174 valence electrons. The van der Waals surface area contributed by atoms with Crippen molar-refractivity contribution in [1.29, 1.82) is 0 Å². The largest absolute Gasteiger partial charge is 0.481 e. The quantitative estimate of drug-likeness (QED) is 0.323. The van der Waals surface area contributed by atoms with Crippen LogP contribution in [0.3, 0.4) is 0 Å². The van der Waals surface area contributed by atoms with Gasteiger partial charge in [-0.15, -0.1) is 0 Å². The van der Waals surface area contributed by atoms with Crippen LogP contribution >= 0.6 is 0 Å². The van der Waals surface area contributed by atoms with Gasteiger partial charge < -0.3 is 24.7 Å². The van der Waals surface area contributed by atoms with Gasteiger partial charge in [0.1, 0.15) is 22.7 Å². The van der Waals surface area contributed by atoms with Crippen molar-refractivity contribution in [2.24, 2.45) is 7.05 Å². The van der Waals surface area contributed by atoms with E-state index in [1.807, 2.05) is 54.6 Å². The molecular formula is C26H25N3O5. The van der Waals surface area contributed by atoms with Gasteiger partial charge in [0.15, 0.2) is 0 Å². The van der Waals surface area contributed by atoms with E-state index in [-0.39, 0.29) is 23.6 Å². The van der Waals surface area contributed by atoms with Gasteiger partial charge >= 0.3 is 5.97 Å². The fraction of sp³-hybridized carbons (Fsp3) is 0.192. The van der Waals surface area contributed by atoms with Crippen molar-refractivity contribution < 1.29 is 19.4 Å². The molecule has 0 saturated carbocycles. The lowest BCUT2D eigenvalue weighted by Crippen LogP contribution is -2.25. The smallest absolute Gasteiger partial charge is 0.303 e. The Morgan fingerprint density at radius 1 is 1.03 bits per heavy atom. The minimum atomic E-state index is -0.859. The first kappa shape index (κ1) is 22.8. The summed E-state index contributed by atoms with van der Waals surface area (Å²) >= 11 is 0. The second-order valence-electron chi connectivity index (χ2n) is 7.95. The number of carbonyl (C=O) groups is 2. The summed E-state index contributed by atoms with van der Waals surface area (Å²) in [6.45, 7) is 0.347. The van der Waals surface area contributed by atoms with E-state index in [1.54, 1.807) is 19.3 Å². The predicted molar refractivity (Wildman–Crippen MR) is 129 cm³/mol. The minimum absolute atomic E-state index is 0.0616. The van der Waals surface area contributed by atoms with Gasteiger partial charge in [0, 0.05) is 42.7 Å². The highest BCUT2D eigenvalue weighted by atomic mass is 16.5. The Labute approximate surface area is 195 Å². The first-order chi connectivity index (χ1) is 16.4. The summed E-state index contributed by atoms with van der Waals surface area (Å²) in [5.41, 5.74) is 1.87. The molecule has 8 heteroatoms. The average Bonchev–Trinajstić information content (AvgIpc) is 3.28. The van der Waals surface area contributed by atoms with E-state index < -0.39 is 5.97 Å². The van der Waals surface area contributed by atoms with Crippen molar-refractivity contribution >= 4 is 22.8 Å². The number of aryl methyl sites for hydroxylation is 1. The number of H-pyrrole nitrogens is 1. The van der Waals surface area contributed by atoms with Gasteiger partial charge in [0.2, 0.25) is 0 Å². The third kappa shape index (κ3) is 5.01. The van der Waals surface area contributed by atoms with E-state index in [0.29, 0.717) is 41.8 Å². The van der Waals surface area contributed by atoms with E-state index in [0.717, 1.165) is 11.1 Å². The van der Waals surface area contributed by atoms with Crippen molar-refractivity contribution in [2.45, 2.75) is 19.3 Å². The number of rotatable bonds is 9. The number of unbranched alkanes of at least 4 members (excludes halogenated alkanes) is 1. The van der Waals surface area contributed by atoms with Crippen molar-refractivity contribution in [3.63, 3.8) is 0 Å². The number of nitrogens with one attached hydrogen (secondary N) is 2. The molecule has 0 fully saturated rings. The van der Waals surface area contributed by atoms with Crippen LogP contribution in [0, 0.1) is 0 Å². The minimum Gasteiger partial charge on any atom is -0.481 e. The molecule has 4 aromatic rings. The summed E-state index contributed by atoms with van der Waals surface area (Å²) in [5.74, 6) is 0.0996. The van der Waals surface area contributed by atoms with Crippen molar-refractivity contribution in [2.75, 3.05) is 6.54 Å². The second-order valence-corrected chi connectivity index (χ2v) is 7.95. The molecule has 0 radical (unpaired) electrons. The van der Waals surface area contributed by atoms with Gasteiger partial charge in [-0.05, 0) is 37.1 Å². The third-order valence-electron chi connectivity index (χ3n) is 5.46. The molecule has 0 spiro atoms. The summed E-state index contributed by atoms with van der Waals surface area (Å²) in [4.78, 5) is 39.1. The number of carboxylic acids is 1. The predicted octanol–water partition coefficient (Wildman–Crippen LogP) is 4.31. The topological polar surface area (TPSA) is 113 Å². The number of amides is 1. The zero-order valence-electron chi connectivity index (χ0n) is 18.7. The van der Waals surface area contributed by atoms with Crippen LogP contribution in [-0.4, -0.2) is 33.1 Å². The molecule has 4 rings (SSSR count). The summed E-state index contributed by atoms with van der Waals surface area (Å²) < 4.78 is 7.58. The summed E-state index contributed by atoms with van der Waals surface area (Å²) in [5, 5.41) is 12.1. The maximum atomic E-state index is 12.8. The zero-order valence-corrected chi connectivity index (χ0v) is 18.7. The average molecular weight is 460 g/mol. The Morgan fingerprint density at radius 3 is 2.53 bits per heavy atom. The molecule has 0 bridgehead atoms. The number of benzene rings is 2. The van der Waals surface area contributed by atoms with E-state index in [4.69, 9.17) is 9.84 Å². The number of ether oxygens (including phenoxy) is 1. The zero-order chi connectivity index (χ0) is 24.1. The number of fused-ring (bicyclic) bond motifs is 1. The highest BCUT2D eigenvalue weighted by molar-refractivity contribution is 6.03. The summed E-state index contributed by atoms with van der Waals surface area (Å²) in [7, 11) is 1.66. The number of aromatic amines is 1. The lowest BCUT2D eigenvalue weighted by atomic mass is 10.0. The molecule has 0 aliphatic carbocycles. The lowest BCUT2D eigenvalue weighted by molar-refractivity contribution is -0.137. The lowest BCUT2D eigenvalue weighted by Gasteiger charge is -2.13. The van der Waals surface area contributed by atoms with Gasteiger partial charge in [-0.2, -0.15) is 0 Å². The standard InChI is InChI=1S/C26H25N3O5/c1-29-16-20(18-11-5-6-12-22(18)34-17-9-3-2-4-10-17)19-15-21(28-24(19)26(29)33)25(32)27-14-8-7-13-23(30)31/h2-6,9-12,15-16,28H,7-8,13-14H2,1H3,(H,27,32)(H,30,31). The molecule has 2 heterocycles. The molecule has 1 amide bonds. The van der Waals surface area contributed by atoms with E-state index in [2.05, 4.69) is 10.3 Å². The van der Waals surface area contributed by atoms with Crippen LogP contribution in [0.5, 0.6) is 11.5 Å². The van der Waals surface area contributed by atoms with Crippen molar-refractivity contribution in [3.05, 3.63) is 82.9 Å². The van der Waals surface area contributed by atoms with Crippen LogP contribution in [0.25, 0.3) is 22.0 Å². The summed E-state index contributed by atoms with van der Waals surface area (Å²) in [6, 6.07) is 18.6. The van der Waals surface area contributed by atoms with Crippen molar-refractivity contribution in [3.8, 4) is 22.6 Å². The normalized spacial score (nSPS) is 10.9. The molecule has 2 aromatic heterocycles. The molecule has 3 N–H and O–H groups in total. The van der Waals surface area contributed by atoms with E-state index in [1.165, 1.54) is 4.57 Å². The first-order valence-electron chi connectivity index (χ1n) is 11.0. The molecule has 0 aliphatic heterocycles. The maximum Gasteiger partial charge on any atom is 0.303 e. The van der Waals surface area contributed by atoms with Gasteiger partial charge in [-0.25, -0.2) is 0 Å². The molecule has 2 aromatic carbocycles. The molecular weight excluding hydrogens is 434 g/mol. The molecule has 0 aliphatic rings. The number of nitrogens with zero attached hydrogens (tertiary/aromatic N) is 1. The monoisotopic (exact) mass is 459 g/mol. The molecule has 34 heavy (non-hydrogen) atoms. The van der Waals surface area contributed by atoms with Crippen LogP contribution in [0.1, 0.15) is 29.8 Å². The summed E-state index contributed by atoms with van der Waals surface area (Å²) in [6.07, 6.45) is 2.83. The SMILES string of the molecule is Cn1cc(-c2ccccc2Oc2ccccc2)c2cc(C(=O)NCCCCC(=O)O)[nH]c2c1=O. The number of hydrogen-bond acceptors (Lipinski definition) is 4. The fourth-order valence-corrected chi connectivity index (χ4v) is 3.76. The third-order valence-corrected chi connectivity index (χ3v) is 5.46. The Hall–Kier alpha value is -4.33. The van der Waals surface area contributed by atoms with Crippen LogP contribution in [0.2, 0.25) is 0 Å². The molecule has 0 atom stereocenters. The highest BCUT2D eigenvalue weighted by Crippen LogP contribution is 2.36. The van der Waals surface area contributed by atoms with Gasteiger partial charge in [0.05, 0.1) is 0 Å². The number of carbonyl (C=O) groups excluding carboxylic acids is 1. The van der Waals surface area contributed by atoms with E-state index >= 15 is 0 Å². The molecule has 0 unspecified atom stereocenters. The highest BCUT2D eigenvalue weighted by Gasteiger charge is 2.18. The Kier molecular flexibility index (Phi) is 6.77. The maximum absolute atomic E-state index is 12.8. The number of carboxylic acid groups (broad SMARTS) is 1. The number of hydrogen-bond donors (Lipinski definition) is 3. The number of para-hydroxylation sites is 2. The number of aromatic nitrogens is 2. The Bertz CT molecular complexity index is 1390. The van der Waals surface area contributed by atoms with Gasteiger partial charge in [0.25, 0.3) is 11.5 Å². The fourth-order valence-electron chi connectivity index (χ4n) is 3.76.